The lowest BCUT2D eigenvalue weighted by atomic mass is 10.0. The lowest BCUT2D eigenvalue weighted by Gasteiger charge is -2.22. The van der Waals surface area contributed by atoms with Gasteiger partial charge >= 0.3 is 6.18 Å². The van der Waals surface area contributed by atoms with Crippen LogP contribution >= 0.6 is 0 Å². The quantitative estimate of drug-likeness (QED) is 0.542. The Kier molecular flexibility index (Phi) is 9.13. The van der Waals surface area contributed by atoms with E-state index >= 15 is 0 Å². The first-order chi connectivity index (χ1) is 13.4. The Labute approximate surface area is 168 Å². The highest BCUT2D eigenvalue weighted by molar-refractivity contribution is 5.94. The molecular formula is C20H28F3N3O3. The maximum atomic E-state index is 12.5. The molecule has 0 aliphatic rings. The maximum absolute atomic E-state index is 12.5. The van der Waals surface area contributed by atoms with E-state index in [0.29, 0.717) is 6.42 Å². The number of hydrogen-bond acceptors (Lipinski definition) is 3. The first-order valence-corrected chi connectivity index (χ1v) is 9.44. The molecule has 29 heavy (non-hydrogen) atoms. The molecular weight excluding hydrogens is 387 g/mol. The van der Waals surface area contributed by atoms with Gasteiger partial charge in [0.25, 0.3) is 5.91 Å². The first kappa shape index (κ1) is 24.5. The highest BCUT2D eigenvalue weighted by atomic mass is 19.4. The van der Waals surface area contributed by atoms with Gasteiger partial charge in [0.1, 0.15) is 6.04 Å². The molecule has 0 aliphatic heterocycles. The Hall–Kier alpha value is -2.58. The van der Waals surface area contributed by atoms with Crippen molar-refractivity contribution in [2.24, 2.45) is 11.8 Å². The molecule has 1 rings (SSSR count). The van der Waals surface area contributed by atoms with E-state index in [2.05, 4.69) is 16.0 Å². The van der Waals surface area contributed by atoms with Gasteiger partial charge in [0.15, 0.2) is 0 Å². The Morgan fingerprint density at radius 1 is 0.931 bits per heavy atom. The van der Waals surface area contributed by atoms with Gasteiger partial charge in [0.05, 0.1) is 5.56 Å². The van der Waals surface area contributed by atoms with Crippen molar-refractivity contribution in [3.05, 3.63) is 35.4 Å². The van der Waals surface area contributed by atoms with Gasteiger partial charge in [0, 0.05) is 25.1 Å². The van der Waals surface area contributed by atoms with Crippen LogP contribution in [-0.4, -0.2) is 36.9 Å². The molecule has 6 nitrogen and oxygen atoms in total. The minimum atomic E-state index is -4.46. The molecule has 162 valence electrons. The molecule has 1 aromatic rings. The number of carbonyl (C=O) groups is 3. The molecule has 0 aromatic heterocycles. The molecule has 1 atom stereocenters. The van der Waals surface area contributed by atoms with Gasteiger partial charge < -0.3 is 16.0 Å². The Morgan fingerprint density at radius 2 is 1.48 bits per heavy atom. The molecule has 0 spiro atoms. The smallest absolute Gasteiger partial charge is 0.353 e. The van der Waals surface area contributed by atoms with Crippen molar-refractivity contribution in [3.63, 3.8) is 0 Å². The Bertz CT molecular complexity index is 701. The fourth-order valence-electron chi connectivity index (χ4n) is 2.52. The molecule has 0 aliphatic carbocycles. The van der Waals surface area contributed by atoms with Crippen molar-refractivity contribution < 1.29 is 27.6 Å². The van der Waals surface area contributed by atoms with Crippen molar-refractivity contribution in [1.82, 2.24) is 16.0 Å². The molecule has 0 radical (unpaired) electrons. The second-order valence-electron chi connectivity index (χ2n) is 7.51. The molecule has 0 fully saturated rings. The number of alkyl halides is 3. The third-order valence-electron chi connectivity index (χ3n) is 4.04. The van der Waals surface area contributed by atoms with Crippen LogP contribution in [0.5, 0.6) is 0 Å². The number of carbonyl (C=O) groups excluding carboxylic acids is 3. The Balaban J connectivity index is 2.47. The average Bonchev–Trinajstić information content (AvgIpc) is 2.61. The van der Waals surface area contributed by atoms with Gasteiger partial charge in [-0.3, -0.25) is 14.4 Å². The normalized spacial score (nSPS) is 12.6. The first-order valence-electron chi connectivity index (χ1n) is 9.44. The summed E-state index contributed by atoms with van der Waals surface area (Å²) in [6, 6.07) is 3.17. The van der Waals surface area contributed by atoms with Crippen LogP contribution in [0.25, 0.3) is 0 Å². The van der Waals surface area contributed by atoms with E-state index in [1.165, 1.54) is 0 Å². The largest absolute Gasteiger partial charge is 0.416 e. The van der Waals surface area contributed by atoms with Crippen LogP contribution in [0.3, 0.4) is 0 Å². The zero-order valence-electron chi connectivity index (χ0n) is 17.0. The molecule has 1 aromatic carbocycles. The molecule has 0 saturated carbocycles. The lowest BCUT2D eigenvalue weighted by Crippen LogP contribution is -2.51. The van der Waals surface area contributed by atoms with Crippen molar-refractivity contribution in [2.45, 2.75) is 46.3 Å². The van der Waals surface area contributed by atoms with Gasteiger partial charge in [-0.1, -0.05) is 27.7 Å². The number of benzene rings is 1. The maximum Gasteiger partial charge on any atom is 0.416 e. The standard InChI is InChI=1S/C20H28F3N3O3/c1-12(2)11-16(27)26-17(13(3)4)19(29)25-10-9-24-18(28)14-5-7-15(8-6-14)20(21,22)23/h5-8,12-13,17H,9-11H2,1-4H3,(H,24,28)(H,25,29)(H,26,27). The van der Waals surface area contributed by atoms with E-state index in [1.54, 1.807) is 0 Å². The van der Waals surface area contributed by atoms with Crippen LogP contribution in [0, 0.1) is 11.8 Å². The van der Waals surface area contributed by atoms with Crippen molar-refractivity contribution in [1.29, 1.82) is 0 Å². The topological polar surface area (TPSA) is 87.3 Å². The predicted molar refractivity (Wildman–Crippen MR) is 103 cm³/mol. The van der Waals surface area contributed by atoms with E-state index in [9.17, 15) is 27.6 Å². The minimum Gasteiger partial charge on any atom is -0.353 e. The van der Waals surface area contributed by atoms with Crippen LogP contribution in [0.1, 0.15) is 50.0 Å². The summed E-state index contributed by atoms with van der Waals surface area (Å²) in [6.07, 6.45) is -4.14. The number of nitrogens with one attached hydrogen (secondary N) is 3. The summed E-state index contributed by atoms with van der Waals surface area (Å²) in [5.41, 5.74) is -0.745. The second kappa shape index (κ2) is 10.8. The molecule has 9 heteroatoms. The summed E-state index contributed by atoms with van der Waals surface area (Å²) < 4.78 is 37.6. The molecule has 0 saturated heterocycles. The molecule has 0 heterocycles. The van der Waals surface area contributed by atoms with Gasteiger partial charge in [-0.2, -0.15) is 13.2 Å². The number of hydrogen-bond donors (Lipinski definition) is 3. The van der Waals surface area contributed by atoms with E-state index < -0.39 is 23.7 Å². The van der Waals surface area contributed by atoms with Crippen molar-refractivity contribution in [2.75, 3.05) is 13.1 Å². The summed E-state index contributed by atoms with van der Waals surface area (Å²) in [7, 11) is 0. The van der Waals surface area contributed by atoms with Gasteiger partial charge in [-0.05, 0) is 36.1 Å². The summed E-state index contributed by atoms with van der Waals surface area (Å²) in [5, 5.41) is 7.88. The summed E-state index contributed by atoms with van der Waals surface area (Å²) >= 11 is 0. The monoisotopic (exact) mass is 415 g/mol. The fourth-order valence-corrected chi connectivity index (χ4v) is 2.52. The van der Waals surface area contributed by atoms with Crippen LogP contribution in [0.15, 0.2) is 24.3 Å². The molecule has 3 amide bonds. The Morgan fingerprint density at radius 3 is 1.97 bits per heavy atom. The van der Waals surface area contributed by atoms with Crippen molar-refractivity contribution in [3.8, 4) is 0 Å². The zero-order valence-corrected chi connectivity index (χ0v) is 17.0. The van der Waals surface area contributed by atoms with Crippen molar-refractivity contribution >= 4 is 17.7 Å². The number of rotatable bonds is 9. The second-order valence-corrected chi connectivity index (χ2v) is 7.51. The number of amides is 3. The zero-order chi connectivity index (χ0) is 22.2. The molecule has 1 unspecified atom stereocenters. The van der Waals surface area contributed by atoms with E-state index in [1.807, 2.05) is 27.7 Å². The molecule has 3 N–H and O–H groups in total. The van der Waals surface area contributed by atoms with Crippen LogP contribution in [0.4, 0.5) is 13.2 Å². The van der Waals surface area contributed by atoms with E-state index in [-0.39, 0.29) is 42.3 Å². The molecule has 0 bridgehead atoms. The van der Waals surface area contributed by atoms with E-state index in [4.69, 9.17) is 0 Å². The average molecular weight is 415 g/mol. The summed E-state index contributed by atoms with van der Waals surface area (Å²) in [6.45, 7) is 7.65. The lowest BCUT2D eigenvalue weighted by molar-refractivity contribution is -0.137. The van der Waals surface area contributed by atoms with Crippen LogP contribution in [-0.2, 0) is 15.8 Å². The predicted octanol–water partition coefficient (Wildman–Crippen LogP) is 2.74. The third-order valence-corrected chi connectivity index (χ3v) is 4.04. The highest BCUT2D eigenvalue weighted by Gasteiger charge is 2.30. The highest BCUT2D eigenvalue weighted by Crippen LogP contribution is 2.29. The van der Waals surface area contributed by atoms with Gasteiger partial charge in [-0.25, -0.2) is 0 Å². The van der Waals surface area contributed by atoms with Crippen LogP contribution < -0.4 is 16.0 Å². The third kappa shape index (κ3) is 8.53. The fraction of sp³-hybridized carbons (Fsp3) is 0.550. The number of halogens is 3. The van der Waals surface area contributed by atoms with E-state index in [0.717, 1.165) is 24.3 Å². The van der Waals surface area contributed by atoms with Crippen LogP contribution in [0.2, 0.25) is 0 Å². The summed E-state index contributed by atoms with van der Waals surface area (Å²) in [4.78, 5) is 36.2. The van der Waals surface area contributed by atoms with Gasteiger partial charge in [-0.15, -0.1) is 0 Å². The van der Waals surface area contributed by atoms with Gasteiger partial charge in [0.2, 0.25) is 11.8 Å². The summed E-state index contributed by atoms with van der Waals surface area (Å²) in [5.74, 6) is -1.05. The SMILES string of the molecule is CC(C)CC(=O)NC(C(=O)NCCNC(=O)c1ccc(C(F)(F)F)cc1)C(C)C. The minimum absolute atomic E-state index is 0.0883.